The summed E-state index contributed by atoms with van der Waals surface area (Å²) in [6, 6.07) is 1.93. The molecule has 1 fully saturated rings. The molecule has 3 aromatic rings. The van der Waals surface area contributed by atoms with Crippen LogP contribution in [0.1, 0.15) is 31.9 Å². The number of anilines is 1. The van der Waals surface area contributed by atoms with E-state index in [-0.39, 0.29) is 24.5 Å². The van der Waals surface area contributed by atoms with Crippen molar-refractivity contribution in [1.29, 1.82) is 0 Å². The van der Waals surface area contributed by atoms with Gasteiger partial charge in [-0.2, -0.15) is 16.3 Å². The molecule has 0 aromatic carbocycles. The lowest BCUT2D eigenvalue weighted by molar-refractivity contribution is -0.116. The molecule has 2 unspecified atom stereocenters. The standard InChI is InChI=1S/C19H23N5O3S2/c1-12-7-24(8-13(2)26-12)9-15-11-29-19(20-15)21-16(25)3-4-17-22-18(23-27-17)14-5-6-28-10-14/h5-6,10-13H,3-4,7-9H2,1-2H3,(H,20,21,25). The van der Waals surface area contributed by atoms with Crippen LogP contribution < -0.4 is 5.32 Å². The first-order valence-corrected chi connectivity index (χ1v) is 11.3. The van der Waals surface area contributed by atoms with Gasteiger partial charge in [0.05, 0.1) is 17.9 Å². The number of amides is 1. The van der Waals surface area contributed by atoms with Crippen LogP contribution in [0.25, 0.3) is 11.4 Å². The predicted octanol–water partition coefficient (Wildman–Crippen LogP) is 3.44. The lowest BCUT2D eigenvalue weighted by atomic mass is 10.2. The Kier molecular flexibility index (Phi) is 6.34. The molecule has 0 spiro atoms. The van der Waals surface area contributed by atoms with Crippen LogP contribution in [0.3, 0.4) is 0 Å². The van der Waals surface area contributed by atoms with Crippen LogP contribution in [0.15, 0.2) is 26.7 Å². The predicted molar refractivity (Wildman–Crippen MR) is 112 cm³/mol. The van der Waals surface area contributed by atoms with Crippen molar-refractivity contribution in [3.05, 3.63) is 33.8 Å². The smallest absolute Gasteiger partial charge is 0.227 e. The normalized spacial score (nSPS) is 20.1. The fourth-order valence-electron chi connectivity index (χ4n) is 3.35. The Labute approximate surface area is 176 Å². The first-order valence-electron chi connectivity index (χ1n) is 9.52. The highest BCUT2D eigenvalue weighted by Gasteiger charge is 2.23. The highest BCUT2D eigenvalue weighted by Crippen LogP contribution is 2.21. The lowest BCUT2D eigenvalue weighted by Gasteiger charge is -2.34. The molecule has 1 aliphatic rings. The summed E-state index contributed by atoms with van der Waals surface area (Å²) in [5, 5.41) is 13.3. The van der Waals surface area contributed by atoms with Crippen LogP contribution in [0, 0.1) is 0 Å². The van der Waals surface area contributed by atoms with Gasteiger partial charge in [0.1, 0.15) is 0 Å². The minimum absolute atomic E-state index is 0.116. The van der Waals surface area contributed by atoms with E-state index in [1.807, 2.05) is 22.2 Å². The largest absolute Gasteiger partial charge is 0.373 e. The van der Waals surface area contributed by atoms with Crippen molar-refractivity contribution in [3.8, 4) is 11.4 Å². The number of nitrogens with one attached hydrogen (secondary N) is 1. The number of nitrogens with zero attached hydrogens (tertiary/aromatic N) is 4. The van der Waals surface area contributed by atoms with Gasteiger partial charge in [0, 0.05) is 48.8 Å². The molecule has 4 heterocycles. The minimum Gasteiger partial charge on any atom is -0.373 e. The van der Waals surface area contributed by atoms with E-state index in [0.29, 0.717) is 23.3 Å². The Morgan fingerprint density at radius 2 is 2.10 bits per heavy atom. The number of thiazole rings is 1. The summed E-state index contributed by atoms with van der Waals surface area (Å²) in [5.41, 5.74) is 1.89. The molecule has 10 heteroatoms. The van der Waals surface area contributed by atoms with Gasteiger partial charge in [0.15, 0.2) is 5.13 Å². The summed E-state index contributed by atoms with van der Waals surface area (Å²) in [4.78, 5) is 23.5. The van der Waals surface area contributed by atoms with Gasteiger partial charge >= 0.3 is 0 Å². The summed E-state index contributed by atoms with van der Waals surface area (Å²) in [5.74, 6) is 0.893. The molecule has 0 radical (unpaired) electrons. The van der Waals surface area contributed by atoms with Crippen molar-refractivity contribution in [2.24, 2.45) is 0 Å². The van der Waals surface area contributed by atoms with Crippen LogP contribution >= 0.6 is 22.7 Å². The van der Waals surface area contributed by atoms with Crippen LogP contribution in [0.5, 0.6) is 0 Å². The molecule has 1 saturated heterocycles. The van der Waals surface area contributed by atoms with Crippen molar-refractivity contribution in [1.82, 2.24) is 20.0 Å². The molecule has 8 nitrogen and oxygen atoms in total. The van der Waals surface area contributed by atoms with E-state index in [9.17, 15) is 4.79 Å². The number of carbonyl (C=O) groups is 1. The Morgan fingerprint density at radius 3 is 2.86 bits per heavy atom. The highest BCUT2D eigenvalue weighted by atomic mass is 32.1. The fraction of sp³-hybridized carbons (Fsp3) is 0.474. The molecule has 154 valence electrons. The number of aryl methyl sites for hydroxylation is 1. The molecular weight excluding hydrogens is 410 g/mol. The number of hydrogen-bond donors (Lipinski definition) is 1. The quantitative estimate of drug-likeness (QED) is 0.610. The molecule has 1 amide bonds. The van der Waals surface area contributed by atoms with Gasteiger partial charge in [-0.3, -0.25) is 9.69 Å². The van der Waals surface area contributed by atoms with E-state index in [1.165, 1.54) is 11.3 Å². The molecule has 0 aliphatic carbocycles. The summed E-state index contributed by atoms with van der Waals surface area (Å²) in [7, 11) is 0. The third kappa shape index (κ3) is 5.47. The second kappa shape index (κ2) is 9.12. The molecule has 0 bridgehead atoms. The van der Waals surface area contributed by atoms with E-state index in [4.69, 9.17) is 9.26 Å². The average molecular weight is 434 g/mol. The first kappa shape index (κ1) is 20.1. The Bertz CT molecular complexity index is 929. The number of carbonyl (C=O) groups excluding carboxylic acids is 1. The number of rotatable bonds is 7. The SMILES string of the molecule is CC1CN(Cc2csc(NC(=O)CCc3nc(-c4ccsc4)no3)n2)CC(C)O1. The second-order valence-corrected chi connectivity index (χ2v) is 8.81. The van der Waals surface area contributed by atoms with Crippen molar-refractivity contribution in [2.45, 2.75) is 45.4 Å². The number of thiophene rings is 1. The van der Waals surface area contributed by atoms with Gasteiger partial charge in [-0.25, -0.2) is 4.98 Å². The Balaban J connectivity index is 1.25. The fourth-order valence-corrected chi connectivity index (χ4v) is 4.70. The lowest BCUT2D eigenvalue weighted by Crippen LogP contribution is -2.44. The molecule has 2 atom stereocenters. The van der Waals surface area contributed by atoms with Gasteiger partial charge in [-0.05, 0) is 25.3 Å². The maximum absolute atomic E-state index is 12.2. The van der Waals surface area contributed by atoms with Crippen LogP contribution in [-0.2, 0) is 22.5 Å². The maximum Gasteiger partial charge on any atom is 0.227 e. The van der Waals surface area contributed by atoms with E-state index < -0.39 is 0 Å². The third-order valence-corrected chi connectivity index (χ3v) is 5.98. The molecule has 29 heavy (non-hydrogen) atoms. The molecule has 1 N–H and O–H groups in total. The third-order valence-electron chi connectivity index (χ3n) is 4.49. The zero-order valence-corrected chi connectivity index (χ0v) is 18.0. The number of aromatic nitrogens is 3. The van der Waals surface area contributed by atoms with Crippen LogP contribution in [-0.4, -0.2) is 51.2 Å². The monoisotopic (exact) mass is 433 g/mol. The molecule has 3 aromatic heterocycles. The summed E-state index contributed by atoms with van der Waals surface area (Å²) < 4.78 is 11.0. The van der Waals surface area contributed by atoms with Crippen LogP contribution in [0.4, 0.5) is 5.13 Å². The molecule has 4 rings (SSSR count). The number of ether oxygens (including phenoxy) is 1. The molecule has 0 saturated carbocycles. The van der Waals surface area contributed by atoms with E-state index in [2.05, 4.69) is 39.2 Å². The van der Waals surface area contributed by atoms with Gasteiger partial charge < -0.3 is 14.6 Å². The maximum atomic E-state index is 12.2. The second-order valence-electron chi connectivity index (χ2n) is 7.17. The summed E-state index contributed by atoms with van der Waals surface area (Å²) in [6.07, 6.45) is 1.10. The Hall–Kier alpha value is -2.14. The topological polar surface area (TPSA) is 93.4 Å². The minimum atomic E-state index is -0.116. The average Bonchev–Trinajstić information content (AvgIpc) is 3.41. The van der Waals surface area contributed by atoms with E-state index in [1.54, 1.807) is 11.3 Å². The molecule has 1 aliphatic heterocycles. The van der Waals surface area contributed by atoms with Gasteiger partial charge in [0.2, 0.25) is 17.6 Å². The van der Waals surface area contributed by atoms with E-state index in [0.717, 1.165) is 30.9 Å². The first-order chi connectivity index (χ1) is 14.0. The number of morpholine rings is 1. The van der Waals surface area contributed by atoms with Crippen LogP contribution in [0.2, 0.25) is 0 Å². The van der Waals surface area contributed by atoms with Gasteiger partial charge in [-0.1, -0.05) is 5.16 Å². The van der Waals surface area contributed by atoms with Gasteiger partial charge in [-0.15, -0.1) is 11.3 Å². The van der Waals surface area contributed by atoms with Crippen molar-refractivity contribution in [2.75, 3.05) is 18.4 Å². The van der Waals surface area contributed by atoms with Crippen molar-refractivity contribution < 1.29 is 14.1 Å². The van der Waals surface area contributed by atoms with Crippen molar-refractivity contribution in [3.63, 3.8) is 0 Å². The number of hydrogen-bond acceptors (Lipinski definition) is 9. The Morgan fingerprint density at radius 1 is 1.28 bits per heavy atom. The van der Waals surface area contributed by atoms with E-state index >= 15 is 0 Å². The zero-order chi connectivity index (χ0) is 20.2. The van der Waals surface area contributed by atoms with Gasteiger partial charge in [0.25, 0.3) is 0 Å². The summed E-state index contributed by atoms with van der Waals surface area (Å²) in [6.45, 7) is 6.71. The van der Waals surface area contributed by atoms with Crippen molar-refractivity contribution >= 4 is 33.7 Å². The molecular formula is C19H23N5O3S2. The summed E-state index contributed by atoms with van der Waals surface area (Å²) >= 11 is 3.02. The highest BCUT2D eigenvalue weighted by molar-refractivity contribution is 7.13. The zero-order valence-electron chi connectivity index (χ0n) is 16.3.